The molecule has 0 amide bonds. The molecule has 1 aromatic rings. The highest BCUT2D eigenvalue weighted by Crippen LogP contribution is 2.24. The third kappa shape index (κ3) is 1.71. The van der Waals surface area contributed by atoms with Crippen LogP contribution in [0.15, 0.2) is 29.2 Å². The van der Waals surface area contributed by atoms with Crippen molar-refractivity contribution in [2.24, 2.45) is 0 Å². The Balaban J connectivity index is 2.44. The van der Waals surface area contributed by atoms with Crippen molar-refractivity contribution in [2.45, 2.75) is 12.8 Å². The topological polar surface area (TPSA) is 40.1 Å². The monoisotopic (exact) mass is 193 g/mol. The average Bonchev–Trinajstić information content (AvgIpc) is 2.17. The van der Waals surface area contributed by atoms with E-state index in [0.717, 1.165) is 12.0 Å². The summed E-state index contributed by atoms with van der Waals surface area (Å²) in [5, 5.41) is 0. The molecule has 1 aliphatic carbocycles. The molecule has 68 valence electrons. The van der Waals surface area contributed by atoms with Gasteiger partial charge in [0.2, 0.25) is 0 Å². The highest BCUT2D eigenvalue weighted by molar-refractivity contribution is 7.83. The second-order valence-corrected chi connectivity index (χ2v) is 4.04. The zero-order chi connectivity index (χ0) is 9.26. The molecule has 2 nitrogen and oxygen atoms in total. The maximum atomic E-state index is 10.7. The molecular formula is C10H9O2S-. The minimum absolute atomic E-state index is 0.513. The summed E-state index contributed by atoms with van der Waals surface area (Å²) in [6.45, 7) is 0. The van der Waals surface area contributed by atoms with Crippen LogP contribution in [-0.4, -0.2) is 8.76 Å². The molecule has 0 fully saturated rings. The number of aryl methyl sites for hydroxylation is 1. The molecule has 0 N–H and O–H groups in total. The molecule has 0 aromatic heterocycles. The van der Waals surface area contributed by atoms with E-state index in [-0.39, 0.29) is 0 Å². The number of benzene rings is 1. The molecule has 0 saturated heterocycles. The van der Waals surface area contributed by atoms with Crippen LogP contribution in [0, 0.1) is 0 Å². The quantitative estimate of drug-likeness (QED) is 0.638. The minimum atomic E-state index is -2.05. The first-order valence-corrected chi connectivity index (χ1v) is 5.22. The van der Waals surface area contributed by atoms with E-state index in [9.17, 15) is 8.76 Å². The summed E-state index contributed by atoms with van der Waals surface area (Å²) in [7, 11) is 0. The van der Waals surface area contributed by atoms with Crippen LogP contribution in [0.25, 0.3) is 6.08 Å². The average molecular weight is 193 g/mol. The lowest BCUT2D eigenvalue weighted by Gasteiger charge is -2.17. The Morgan fingerprint density at radius 2 is 2.00 bits per heavy atom. The number of allylic oxidation sites excluding steroid dienone is 1. The van der Waals surface area contributed by atoms with Crippen LogP contribution in [0.2, 0.25) is 0 Å². The van der Waals surface area contributed by atoms with Crippen molar-refractivity contribution in [3.63, 3.8) is 0 Å². The molecule has 0 heterocycles. The molecule has 0 saturated carbocycles. The van der Waals surface area contributed by atoms with Gasteiger partial charge in [-0.3, -0.25) is 4.21 Å². The number of hydrogen-bond acceptors (Lipinski definition) is 2. The fourth-order valence-electron chi connectivity index (χ4n) is 1.54. The molecule has 1 atom stereocenters. The molecular weight excluding hydrogens is 184 g/mol. The maximum Gasteiger partial charge on any atom is 0.00333 e. The van der Waals surface area contributed by atoms with Gasteiger partial charge in [0.25, 0.3) is 0 Å². The van der Waals surface area contributed by atoms with Crippen LogP contribution >= 0.6 is 0 Å². The van der Waals surface area contributed by atoms with Gasteiger partial charge in [0, 0.05) is 4.91 Å². The molecule has 1 aromatic carbocycles. The third-order valence-electron chi connectivity index (χ3n) is 2.23. The Labute approximate surface area is 79.6 Å². The predicted molar refractivity (Wildman–Crippen MR) is 51.7 cm³/mol. The predicted octanol–water partition coefficient (Wildman–Crippen LogP) is 1.85. The van der Waals surface area contributed by atoms with E-state index in [1.807, 2.05) is 24.3 Å². The van der Waals surface area contributed by atoms with Crippen molar-refractivity contribution < 1.29 is 8.76 Å². The van der Waals surface area contributed by atoms with Crippen LogP contribution in [0.1, 0.15) is 17.5 Å². The van der Waals surface area contributed by atoms with Gasteiger partial charge in [-0.1, -0.05) is 24.3 Å². The molecule has 13 heavy (non-hydrogen) atoms. The van der Waals surface area contributed by atoms with Crippen molar-refractivity contribution >= 4 is 17.2 Å². The second kappa shape index (κ2) is 3.44. The largest absolute Gasteiger partial charge is 0.769 e. The lowest BCUT2D eigenvalue weighted by molar-refractivity contribution is 0.542. The second-order valence-electron chi connectivity index (χ2n) is 3.04. The standard InChI is InChI=1S/C10H10O2S/c11-13(12)10-6-5-8-3-1-2-4-9(8)7-10/h1-4,7H,5-6H2,(H,11,12)/p-1. The molecule has 0 aliphatic heterocycles. The number of fused-ring (bicyclic) bond motifs is 1. The lowest BCUT2D eigenvalue weighted by atomic mass is 9.98. The van der Waals surface area contributed by atoms with Gasteiger partial charge >= 0.3 is 0 Å². The summed E-state index contributed by atoms with van der Waals surface area (Å²) in [6.07, 6.45) is 3.21. The van der Waals surface area contributed by atoms with Gasteiger partial charge in [-0.2, -0.15) is 0 Å². The lowest BCUT2D eigenvalue weighted by Crippen LogP contribution is -2.02. The molecule has 2 rings (SSSR count). The maximum absolute atomic E-state index is 10.7. The summed E-state index contributed by atoms with van der Waals surface area (Å²) >= 11 is -2.05. The van der Waals surface area contributed by atoms with E-state index < -0.39 is 11.1 Å². The molecule has 0 radical (unpaired) electrons. The Morgan fingerprint density at radius 3 is 2.77 bits per heavy atom. The Hall–Kier alpha value is -0.930. The minimum Gasteiger partial charge on any atom is -0.769 e. The van der Waals surface area contributed by atoms with Gasteiger partial charge in [0.05, 0.1) is 0 Å². The van der Waals surface area contributed by atoms with E-state index in [1.165, 1.54) is 5.56 Å². The fourth-order valence-corrected chi connectivity index (χ4v) is 2.03. The van der Waals surface area contributed by atoms with Crippen molar-refractivity contribution in [1.29, 1.82) is 0 Å². The van der Waals surface area contributed by atoms with E-state index >= 15 is 0 Å². The van der Waals surface area contributed by atoms with Gasteiger partial charge < -0.3 is 4.55 Å². The summed E-state index contributed by atoms with van der Waals surface area (Å²) < 4.78 is 21.4. The summed E-state index contributed by atoms with van der Waals surface area (Å²) in [5.74, 6) is 0. The Morgan fingerprint density at radius 1 is 1.23 bits per heavy atom. The van der Waals surface area contributed by atoms with Crippen molar-refractivity contribution in [3.05, 3.63) is 40.3 Å². The summed E-state index contributed by atoms with van der Waals surface area (Å²) in [4.78, 5) is 0.513. The number of rotatable bonds is 1. The zero-order valence-corrected chi connectivity index (χ0v) is 7.84. The van der Waals surface area contributed by atoms with Gasteiger partial charge in [0.1, 0.15) is 0 Å². The van der Waals surface area contributed by atoms with E-state index in [4.69, 9.17) is 0 Å². The van der Waals surface area contributed by atoms with E-state index in [0.29, 0.717) is 11.3 Å². The summed E-state index contributed by atoms with van der Waals surface area (Å²) in [6, 6.07) is 7.88. The first-order chi connectivity index (χ1) is 6.27. The van der Waals surface area contributed by atoms with Crippen LogP contribution in [0.3, 0.4) is 0 Å². The van der Waals surface area contributed by atoms with E-state index in [1.54, 1.807) is 6.08 Å². The van der Waals surface area contributed by atoms with Crippen molar-refractivity contribution in [2.75, 3.05) is 0 Å². The molecule has 0 spiro atoms. The van der Waals surface area contributed by atoms with Crippen LogP contribution < -0.4 is 0 Å². The van der Waals surface area contributed by atoms with Crippen molar-refractivity contribution in [1.82, 2.24) is 0 Å². The van der Waals surface area contributed by atoms with Crippen LogP contribution in [-0.2, 0) is 17.5 Å². The van der Waals surface area contributed by atoms with Gasteiger partial charge in [0.15, 0.2) is 0 Å². The first kappa shape index (κ1) is 8.66. The van der Waals surface area contributed by atoms with Gasteiger partial charge in [-0.05, 0) is 41.1 Å². The highest BCUT2D eigenvalue weighted by Gasteiger charge is 2.09. The molecule has 0 bridgehead atoms. The first-order valence-electron chi connectivity index (χ1n) is 4.15. The van der Waals surface area contributed by atoms with E-state index in [2.05, 4.69) is 0 Å². The van der Waals surface area contributed by atoms with Crippen molar-refractivity contribution in [3.8, 4) is 0 Å². The Bertz CT molecular complexity index is 382. The molecule has 3 heteroatoms. The van der Waals surface area contributed by atoms with Gasteiger partial charge in [-0.15, -0.1) is 0 Å². The Kier molecular flexibility index (Phi) is 2.29. The zero-order valence-electron chi connectivity index (χ0n) is 7.03. The highest BCUT2D eigenvalue weighted by atomic mass is 32.2. The smallest absolute Gasteiger partial charge is 0.00333 e. The normalized spacial score (nSPS) is 17.5. The third-order valence-corrected chi connectivity index (χ3v) is 2.98. The number of hydrogen-bond donors (Lipinski definition) is 0. The molecule has 1 aliphatic rings. The SMILES string of the molecule is O=S([O-])C1=Cc2ccccc2CC1. The summed E-state index contributed by atoms with van der Waals surface area (Å²) in [5.41, 5.74) is 2.27. The molecule has 1 unspecified atom stereocenters. The van der Waals surface area contributed by atoms with Crippen LogP contribution in [0.4, 0.5) is 0 Å². The van der Waals surface area contributed by atoms with Crippen LogP contribution in [0.5, 0.6) is 0 Å². The van der Waals surface area contributed by atoms with Gasteiger partial charge in [-0.25, -0.2) is 0 Å². The fraction of sp³-hybridized carbons (Fsp3) is 0.200.